The second-order valence-corrected chi connectivity index (χ2v) is 7.55. The highest BCUT2D eigenvalue weighted by atomic mass is 32.2. The van der Waals surface area contributed by atoms with Crippen LogP contribution in [0.5, 0.6) is 0 Å². The van der Waals surface area contributed by atoms with Gasteiger partial charge in [0.1, 0.15) is 22.8 Å². The van der Waals surface area contributed by atoms with Crippen LogP contribution in [0.2, 0.25) is 0 Å². The zero-order valence-corrected chi connectivity index (χ0v) is 16.9. The van der Waals surface area contributed by atoms with Gasteiger partial charge in [-0.15, -0.1) is 11.8 Å². The predicted molar refractivity (Wildman–Crippen MR) is 115 cm³/mol. The number of hydrogen-bond acceptors (Lipinski definition) is 6. The highest BCUT2D eigenvalue weighted by molar-refractivity contribution is 7.98. The average Bonchev–Trinajstić information content (AvgIpc) is 3.35. The van der Waals surface area contributed by atoms with Crippen molar-refractivity contribution in [2.75, 3.05) is 6.26 Å². The molecule has 0 amide bonds. The Kier molecular flexibility index (Phi) is 4.19. The lowest BCUT2D eigenvalue weighted by Crippen LogP contribution is -2.19. The minimum Gasteiger partial charge on any atom is -0.436 e. The lowest BCUT2D eigenvalue weighted by Gasteiger charge is -2.03. The largest absolute Gasteiger partial charge is 0.436 e. The van der Waals surface area contributed by atoms with Crippen LogP contribution in [0.4, 0.5) is 0 Å². The summed E-state index contributed by atoms with van der Waals surface area (Å²) < 4.78 is 7.18. The third kappa shape index (κ3) is 2.64. The molecule has 0 atom stereocenters. The summed E-state index contributed by atoms with van der Waals surface area (Å²) in [4.78, 5) is 23.6. The van der Waals surface area contributed by atoms with Gasteiger partial charge in [0.05, 0.1) is 11.3 Å². The number of fused-ring (bicyclic) bond motifs is 2. The highest BCUT2D eigenvalue weighted by Crippen LogP contribution is 2.31. The van der Waals surface area contributed by atoms with Crippen LogP contribution in [0.3, 0.4) is 0 Å². The predicted octanol–water partition coefficient (Wildman–Crippen LogP) is 4.40. The zero-order valence-electron chi connectivity index (χ0n) is 16.1. The third-order valence-corrected chi connectivity index (χ3v) is 5.72. The Morgan fingerprint density at radius 1 is 1.10 bits per heavy atom. The Morgan fingerprint density at radius 3 is 2.63 bits per heavy atom. The van der Waals surface area contributed by atoms with E-state index in [0.717, 1.165) is 10.5 Å². The molecule has 0 bridgehead atoms. The molecule has 0 saturated heterocycles. The lowest BCUT2D eigenvalue weighted by molar-refractivity contribution is 0.616. The van der Waals surface area contributed by atoms with Crippen molar-refractivity contribution >= 4 is 28.5 Å². The molecule has 0 fully saturated rings. The quantitative estimate of drug-likeness (QED) is 0.440. The second-order valence-electron chi connectivity index (χ2n) is 6.70. The minimum atomic E-state index is -0.367. The van der Waals surface area contributed by atoms with E-state index in [-0.39, 0.29) is 22.7 Å². The van der Waals surface area contributed by atoms with Gasteiger partial charge in [0, 0.05) is 4.90 Å². The molecule has 5 aromatic rings. The summed E-state index contributed by atoms with van der Waals surface area (Å²) in [7, 11) is 0. The van der Waals surface area contributed by atoms with Gasteiger partial charge >= 0.3 is 0 Å². The summed E-state index contributed by atoms with van der Waals surface area (Å²) in [6, 6.07) is 17.2. The molecule has 0 aliphatic carbocycles. The first kappa shape index (κ1) is 18.2. The zero-order chi connectivity index (χ0) is 20.8. The average molecular weight is 413 g/mol. The number of aromatic amines is 1. The van der Waals surface area contributed by atoms with Crippen molar-refractivity contribution in [3.05, 3.63) is 70.3 Å². The van der Waals surface area contributed by atoms with E-state index >= 15 is 0 Å². The minimum absolute atomic E-state index is 0.213. The molecule has 8 heteroatoms. The van der Waals surface area contributed by atoms with E-state index in [0.29, 0.717) is 28.0 Å². The van der Waals surface area contributed by atoms with Crippen molar-refractivity contribution in [3.63, 3.8) is 0 Å². The number of H-pyrrole nitrogens is 1. The topological polar surface area (TPSA) is 100.0 Å². The van der Waals surface area contributed by atoms with Gasteiger partial charge in [0.2, 0.25) is 5.89 Å². The first-order valence-corrected chi connectivity index (χ1v) is 10.4. The van der Waals surface area contributed by atoms with Crippen LogP contribution in [0.1, 0.15) is 11.4 Å². The smallest absolute Gasteiger partial charge is 0.285 e. The van der Waals surface area contributed by atoms with Crippen LogP contribution in [-0.2, 0) is 0 Å². The van der Waals surface area contributed by atoms with Crippen LogP contribution < -0.4 is 5.56 Å². The summed E-state index contributed by atoms with van der Waals surface area (Å²) in [6.07, 6.45) is 1.96. The van der Waals surface area contributed by atoms with Crippen LogP contribution in [0.15, 0.2) is 62.6 Å². The van der Waals surface area contributed by atoms with Gasteiger partial charge < -0.3 is 4.42 Å². The third-order valence-electron chi connectivity index (χ3n) is 4.95. The molecule has 2 aromatic carbocycles. The molecule has 5 rings (SSSR count). The Bertz CT molecular complexity index is 1520. The molecule has 7 nitrogen and oxygen atoms in total. The highest BCUT2D eigenvalue weighted by Gasteiger charge is 2.23. The van der Waals surface area contributed by atoms with E-state index in [9.17, 15) is 10.1 Å². The number of nitrogens with one attached hydrogen (secondary N) is 1. The van der Waals surface area contributed by atoms with Gasteiger partial charge in [-0.25, -0.2) is 9.97 Å². The molecule has 0 unspecified atom stereocenters. The van der Waals surface area contributed by atoms with E-state index in [4.69, 9.17) is 4.42 Å². The SMILES string of the molecule is CSc1cccc2oc(-c3c(C)nc4c(-c5ccccc5)c(C#N)[nH]n4c3=O)nc12. The Labute approximate surface area is 175 Å². The lowest BCUT2D eigenvalue weighted by atomic mass is 10.1. The van der Waals surface area contributed by atoms with Crippen molar-refractivity contribution in [2.24, 2.45) is 0 Å². The molecular weight excluding hydrogens is 398 g/mol. The van der Waals surface area contributed by atoms with E-state index in [1.54, 1.807) is 18.7 Å². The molecule has 146 valence electrons. The number of para-hydroxylation sites is 1. The number of thioether (sulfide) groups is 1. The van der Waals surface area contributed by atoms with E-state index in [1.165, 1.54) is 4.52 Å². The summed E-state index contributed by atoms with van der Waals surface area (Å²) in [6.45, 7) is 1.74. The van der Waals surface area contributed by atoms with Crippen LogP contribution in [0.25, 0.3) is 39.3 Å². The maximum absolute atomic E-state index is 13.4. The van der Waals surface area contributed by atoms with Crippen molar-refractivity contribution in [2.45, 2.75) is 11.8 Å². The van der Waals surface area contributed by atoms with Gasteiger partial charge in [-0.3, -0.25) is 9.89 Å². The number of nitriles is 1. The number of oxazole rings is 1. The summed E-state index contributed by atoms with van der Waals surface area (Å²) in [5.41, 5.74) is 3.75. The number of aromatic nitrogens is 4. The second kappa shape index (κ2) is 6.90. The molecule has 0 aliphatic rings. The fourth-order valence-corrected chi connectivity index (χ4v) is 4.13. The van der Waals surface area contributed by atoms with Crippen LogP contribution in [0, 0.1) is 18.3 Å². The van der Waals surface area contributed by atoms with Crippen molar-refractivity contribution in [1.82, 2.24) is 19.6 Å². The van der Waals surface area contributed by atoms with E-state index in [2.05, 4.69) is 21.1 Å². The molecule has 3 heterocycles. The fraction of sp³-hybridized carbons (Fsp3) is 0.0909. The van der Waals surface area contributed by atoms with Crippen molar-refractivity contribution in [1.29, 1.82) is 5.26 Å². The Balaban J connectivity index is 1.80. The monoisotopic (exact) mass is 413 g/mol. The standard InChI is InChI=1S/C22H15N5O2S/c1-12-17(21-25-19-15(29-21)9-6-10-16(19)30-2)22(28)27-20(24-12)18(14(11-23)26-27)13-7-4-3-5-8-13/h3-10,26H,1-2H3. The Hall–Kier alpha value is -3.83. The maximum atomic E-state index is 13.4. The first-order valence-electron chi connectivity index (χ1n) is 9.17. The Morgan fingerprint density at radius 2 is 1.90 bits per heavy atom. The van der Waals surface area contributed by atoms with Crippen molar-refractivity contribution < 1.29 is 4.42 Å². The molecule has 0 spiro atoms. The van der Waals surface area contributed by atoms with Crippen molar-refractivity contribution in [3.8, 4) is 28.7 Å². The normalized spacial score (nSPS) is 11.2. The van der Waals surface area contributed by atoms with E-state index < -0.39 is 0 Å². The number of nitrogens with zero attached hydrogens (tertiary/aromatic N) is 4. The summed E-state index contributed by atoms with van der Waals surface area (Å²) in [5.74, 6) is 0.213. The van der Waals surface area contributed by atoms with Crippen LogP contribution in [-0.4, -0.2) is 25.8 Å². The molecule has 1 N–H and O–H groups in total. The van der Waals surface area contributed by atoms with Gasteiger partial charge in [-0.2, -0.15) is 9.78 Å². The van der Waals surface area contributed by atoms with Gasteiger partial charge in [-0.05, 0) is 30.9 Å². The molecule has 0 aliphatic heterocycles. The molecular formula is C22H15N5O2S. The summed E-state index contributed by atoms with van der Waals surface area (Å²) >= 11 is 1.56. The number of aryl methyl sites for hydroxylation is 1. The van der Waals surface area contributed by atoms with Gasteiger partial charge in [0.15, 0.2) is 11.2 Å². The molecule has 30 heavy (non-hydrogen) atoms. The molecule has 3 aromatic heterocycles. The van der Waals surface area contributed by atoms with E-state index in [1.807, 2.05) is 54.8 Å². The number of hydrogen-bond donors (Lipinski definition) is 1. The number of benzene rings is 2. The fourth-order valence-electron chi connectivity index (χ4n) is 3.58. The first-order chi connectivity index (χ1) is 14.6. The number of rotatable bonds is 3. The van der Waals surface area contributed by atoms with Gasteiger partial charge in [0.25, 0.3) is 5.56 Å². The molecule has 0 radical (unpaired) electrons. The summed E-state index contributed by atoms with van der Waals surface area (Å²) in [5, 5.41) is 12.5. The van der Waals surface area contributed by atoms with Gasteiger partial charge in [-0.1, -0.05) is 36.4 Å². The molecule has 0 saturated carbocycles. The van der Waals surface area contributed by atoms with Crippen LogP contribution >= 0.6 is 11.8 Å². The maximum Gasteiger partial charge on any atom is 0.285 e.